The number of hydrogen-bond acceptors (Lipinski definition) is 7. The lowest BCUT2D eigenvalue weighted by Gasteiger charge is -2.18. The largest absolute Gasteiger partial charge is 0.466 e. The van der Waals surface area contributed by atoms with Gasteiger partial charge in [0.2, 0.25) is 0 Å². The average Bonchev–Trinajstić information content (AvgIpc) is 3.34. The lowest BCUT2D eigenvalue weighted by atomic mass is 9.93. The summed E-state index contributed by atoms with van der Waals surface area (Å²) in [5.74, 6) is -0.176. The fourth-order valence-corrected chi connectivity index (χ4v) is 4.44. The predicted octanol–water partition coefficient (Wildman–Crippen LogP) is 5.22. The molecule has 0 saturated carbocycles. The van der Waals surface area contributed by atoms with Crippen molar-refractivity contribution in [2.24, 2.45) is 0 Å². The maximum atomic E-state index is 11.9. The van der Waals surface area contributed by atoms with E-state index in [0.717, 1.165) is 52.1 Å². The summed E-state index contributed by atoms with van der Waals surface area (Å²) in [5.41, 5.74) is 7.33. The molecule has 3 aromatic heterocycles. The number of carbonyl (C=O) groups excluding carboxylic acids is 1. The molecule has 0 N–H and O–H groups in total. The van der Waals surface area contributed by atoms with Crippen molar-refractivity contribution in [2.45, 2.75) is 59.2 Å². The van der Waals surface area contributed by atoms with Crippen molar-refractivity contribution >= 4 is 11.5 Å². The van der Waals surface area contributed by atoms with E-state index in [9.17, 15) is 10.1 Å². The van der Waals surface area contributed by atoms with Crippen LogP contribution in [0.3, 0.4) is 0 Å². The van der Waals surface area contributed by atoms with E-state index in [1.165, 1.54) is 0 Å². The number of esters is 1. The molecule has 0 unspecified atom stereocenters. The molecule has 0 fully saturated rings. The van der Waals surface area contributed by atoms with Crippen LogP contribution in [0.25, 0.3) is 16.6 Å². The third kappa shape index (κ3) is 6.38. The van der Waals surface area contributed by atoms with Crippen LogP contribution >= 0.6 is 0 Å². The van der Waals surface area contributed by atoms with E-state index in [0.29, 0.717) is 44.6 Å². The molecule has 0 aliphatic heterocycles. The molecule has 1 aromatic carbocycles. The molecule has 37 heavy (non-hydrogen) atoms. The average molecular weight is 498 g/mol. The fraction of sp³-hybridized carbons (Fsp3) is 0.345. The lowest BCUT2D eigenvalue weighted by molar-refractivity contribution is -0.143. The summed E-state index contributed by atoms with van der Waals surface area (Å²) in [6, 6.07) is 14.1. The molecule has 0 amide bonds. The first-order chi connectivity index (χ1) is 18.1. The summed E-state index contributed by atoms with van der Waals surface area (Å²) in [6.07, 6.45) is 8.39. The van der Waals surface area contributed by atoms with E-state index in [1.807, 2.05) is 29.6 Å². The molecule has 4 rings (SSSR count). The number of benzene rings is 1. The van der Waals surface area contributed by atoms with E-state index in [4.69, 9.17) is 14.6 Å². The van der Waals surface area contributed by atoms with Gasteiger partial charge in [-0.25, -0.2) is 4.52 Å². The standard InChI is InChI=1S/C29H31N5O3/c1-3-24-12-13-27-29(22-9-7-8-21(16-22)17-30)25(10-5-6-11-28(35)37-4-2)26(33-34(24)27)20-36-19-23-18-31-14-15-32-23/h7-9,12-16,18H,3-6,10-11,19-20H2,1-2H3. The highest BCUT2D eigenvalue weighted by molar-refractivity contribution is 5.84. The highest BCUT2D eigenvalue weighted by atomic mass is 16.5. The van der Waals surface area contributed by atoms with E-state index < -0.39 is 0 Å². The zero-order valence-electron chi connectivity index (χ0n) is 21.3. The van der Waals surface area contributed by atoms with E-state index >= 15 is 0 Å². The number of unbranched alkanes of at least 4 members (excludes halogenated alkanes) is 1. The Kier molecular flexibility index (Phi) is 8.95. The predicted molar refractivity (Wildman–Crippen MR) is 139 cm³/mol. The molecule has 0 bridgehead atoms. The molecule has 0 atom stereocenters. The first-order valence-corrected chi connectivity index (χ1v) is 12.7. The van der Waals surface area contributed by atoms with Crippen LogP contribution in [-0.2, 0) is 40.3 Å². The number of rotatable bonds is 12. The first kappa shape index (κ1) is 26.0. The van der Waals surface area contributed by atoms with E-state index in [1.54, 1.807) is 24.7 Å². The number of nitriles is 1. The Hall–Kier alpha value is -4.09. The lowest BCUT2D eigenvalue weighted by Crippen LogP contribution is -2.11. The van der Waals surface area contributed by atoms with Crippen molar-refractivity contribution < 1.29 is 14.3 Å². The SMILES string of the molecule is CCOC(=O)CCCCc1c(COCc2cnccn2)nn2c(CC)ccc2c1-c1cccc(C#N)c1. The third-order valence-electron chi connectivity index (χ3n) is 6.17. The summed E-state index contributed by atoms with van der Waals surface area (Å²) in [7, 11) is 0. The zero-order valence-corrected chi connectivity index (χ0v) is 21.3. The second-order valence-electron chi connectivity index (χ2n) is 8.67. The number of carbonyl (C=O) groups is 1. The van der Waals surface area contributed by atoms with Crippen molar-refractivity contribution in [1.29, 1.82) is 5.26 Å². The van der Waals surface area contributed by atoms with Gasteiger partial charge in [-0.1, -0.05) is 19.1 Å². The van der Waals surface area contributed by atoms with Crippen molar-refractivity contribution in [3.05, 3.63) is 83.2 Å². The van der Waals surface area contributed by atoms with E-state index in [2.05, 4.69) is 35.1 Å². The van der Waals surface area contributed by atoms with Crippen molar-refractivity contribution in [3.63, 3.8) is 0 Å². The van der Waals surface area contributed by atoms with Gasteiger partial charge in [0.15, 0.2) is 0 Å². The summed E-state index contributed by atoms with van der Waals surface area (Å²) in [4.78, 5) is 20.3. The Morgan fingerprint density at radius 2 is 2.00 bits per heavy atom. The minimum Gasteiger partial charge on any atom is -0.466 e. The third-order valence-corrected chi connectivity index (χ3v) is 6.17. The number of nitrogens with zero attached hydrogens (tertiary/aromatic N) is 5. The van der Waals surface area contributed by atoms with Gasteiger partial charge >= 0.3 is 5.97 Å². The fourth-order valence-electron chi connectivity index (χ4n) is 4.44. The van der Waals surface area contributed by atoms with Gasteiger partial charge < -0.3 is 9.47 Å². The molecule has 190 valence electrons. The molecule has 8 heteroatoms. The van der Waals surface area contributed by atoms with Gasteiger partial charge in [-0.15, -0.1) is 0 Å². The Morgan fingerprint density at radius 1 is 1.11 bits per heavy atom. The monoisotopic (exact) mass is 497 g/mol. The van der Waals surface area contributed by atoms with Crippen LogP contribution in [-0.4, -0.2) is 32.2 Å². The minimum absolute atomic E-state index is 0.176. The molecule has 0 spiro atoms. The smallest absolute Gasteiger partial charge is 0.305 e. The summed E-state index contributed by atoms with van der Waals surface area (Å²) < 4.78 is 13.1. The Balaban J connectivity index is 1.73. The maximum Gasteiger partial charge on any atom is 0.305 e. The van der Waals surface area contributed by atoms with Crippen LogP contribution in [0.5, 0.6) is 0 Å². The zero-order chi connectivity index (χ0) is 26.0. The van der Waals surface area contributed by atoms with E-state index in [-0.39, 0.29) is 5.97 Å². The molecular weight excluding hydrogens is 466 g/mol. The van der Waals surface area contributed by atoms with Gasteiger partial charge in [0.05, 0.1) is 54.6 Å². The van der Waals surface area contributed by atoms with Gasteiger partial charge in [-0.3, -0.25) is 14.8 Å². The highest BCUT2D eigenvalue weighted by Crippen LogP contribution is 2.33. The second-order valence-corrected chi connectivity index (χ2v) is 8.67. The molecule has 0 aliphatic rings. The van der Waals surface area contributed by atoms with Crippen molar-refractivity contribution in [1.82, 2.24) is 19.6 Å². The molecule has 0 radical (unpaired) electrons. The van der Waals surface area contributed by atoms with Crippen LogP contribution in [0.15, 0.2) is 55.0 Å². The van der Waals surface area contributed by atoms with Gasteiger partial charge in [-0.05, 0) is 68.0 Å². The topological polar surface area (TPSA) is 102 Å². The van der Waals surface area contributed by atoms with Crippen LogP contribution in [0.1, 0.15) is 61.3 Å². The van der Waals surface area contributed by atoms with Crippen molar-refractivity contribution in [3.8, 4) is 17.2 Å². The molecule has 3 heterocycles. The number of fused-ring (bicyclic) bond motifs is 1. The van der Waals surface area contributed by atoms with Gasteiger partial charge in [0.25, 0.3) is 0 Å². The normalized spacial score (nSPS) is 10.9. The van der Waals surface area contributed by atoms with Gasteiger partial charge in [-0.2, -0.15) is 10.4 Å². The number of ether oxygens (including phenoxy) is 2. The second kappa shape index (κ2) is 12.7. The molecule has 0 saturated heterocycles. The number of aryl methyl sites for hydroxylation is 1. The summed E-state index contributed by atoms with van der Waals surface area (Å²) in [6.45, 7) is 4.93. The molecular formula is C29H31N5O3. The number of hydrogen-bond donors (Lipinski definition) is 0. The minimum atomic E-state index is -0.176. The number of aromatic nitrogens is 4. The Bertz CT molecular complexity index is 1390. The van der Waals surface area contributed by atoms with Crippen LogP contribution in [0.4, 0.5) is 0 Å². The van der Waals surface area contributed by atoms with Crippen LogP contribution < -0.4 is 0 Å². The van der Waals surface area contributed by atoms with Gasteiger partial charge in [0, 0.05) is 30.1 Å². The first-order valence-electron chi connectivity index (χ1n) is 12.7. The quantitative estimate of drug-likeness (QED) is 0.195. The summed E-state index contributed by atoms with van der Waals surface area (Å²) >= 11 is 0. The highest BCUT2D eigenvalue weighted by Gasteiger charge is 2.19. The Labute approximate surface area is 216 Å². The van der Waals surface area contributed by atoms with Gasteiger partial charge in [0.1, 0.15) is 0 Å². The molecule has 4 aromatic rings. The van der Waals surface area contributed by atoms with Crippen molar-refractivity contribution in [2.75, 3.05) is 6.61 Å². The molecule has 0 aliphatic carbocycles. The maximum absolute atomic E-state index is 11.9. The van der Waals surface area contributed by atoms with Crippen LogP contribution in [0, 0.1) is 11.3 Å². The summed E-state index contributed by atoms with van der Waals surface area (Å²) in [5, 5.41) is 14.5. The van der Waals surface area contributed by atoms with Crippen LogP contribution in [0.2, 0.25) is 0 Å². The Morgan fingerprint density at radius 3 is 2.76 bits per heavy atom. The molecule has 8 nitrogen and oxygen atoms in total.